The van der Waals surface area contributed by atoms with Gasteiger partial charge in [-0.1, -0.05) is 38.2 Å². The molecule has 0 fully saturated rings. The van der Waals surface area contributed by atoms with Crippen LogP contribution in [0.5, 0.6) is 0 Å². The van der Waals surface area contributed by atoms with Gasteiger partial charge in [0.05, 0.1) is 5.56 Å². The summed E-state index contributed by atoms with van der Waals surface area (Å²) in [5.41, 5.74) is 0.617. The van der Waals surface area contributed by atoms with Crippen LogP contribution in [0.2, 0.25) is 0 Å². The summed E-state index contributed by atoms with van der Waals surface area (Å²) in [7, 11) is 0. The van der Waals surface area contributed by atoms with E-state index in [1.807, 2.05) is 33.8 Å². The predicted molar refractivity (Wildman–Crippen MR) is 91.4 cm³/mol. The van der Waals surface area contributed by atoms with Crippen LogP contribution in [0, 0.1) is 5.92 Å². The number of pyridine rings is 1. The zero-order valence-corrected chi connectivity index (χ0v) is 13.9. The number of allylic oxidation sites excluding steroid dienone is 1. The number of amidine groups is 1. The first kappa shape index (κ1) is 16.3. The van der Waals surface area contributed by atoms with Crippen LogP contribution < -0.4 is 5.32 Å². The number of nitrogens with zero attached hydrogens (tertiary/aromatic N) is 2. The number of carboxylic acid groups (broad SMARTS) is 1. The Balaban J connectivity index is 2.54. The molecule has 0 spiro atoms. The molecule has 22 heavy (non-hydrogen) atoms. The van der Waals surface area contributed by atoms with Crippen molar-refractivity contribution in [1.82, 2.24) is 10.3 Å². The van der Waals surface area contributed by atoms with E-state index >= 15 is 0 Å². The Bertz CT molecular complexity index is 695. The minimum Gasteiger partial charge on any atom is -0.478 e. The average molecular weight is 317 g/mol. The number of aromatic nitrogens is 1. The van der Waals surface area contributed by atoms with Crippen molar-refractivity contribution < 1.29 is 9.90 Å². The molecule has 0 saturated carbocycles. The van der Waals surface area contributed by atoms with Crippen molar-refractivity contribution in [2.24, 2.45) is 10.9 Å². The number of carboxylic acids is 1. The predicted octanol–water partition coefficient (Wildman–Crippen LogP) is 2.90. The van der Waals surface area contributed by atoms with E-state index in [-0.39, 0.29) is 11.5 Å². The maximum Gasteiger partial charge on any atom is 0.338 e. The molecule has 0 radical (unpaired) electrons. The first-order valence-corrected chi connectivity index (χ1v) is 7.48. The van der Waals surface area contributed by atoms with Crippen LogP contribution in [0.4, 0.5) is 0 Å². The van der Waals surface area contributed by atoms with Crippen molar-refractivity contribution in [2.75, 3.05) is 0 Å². The average Bonchev–Trinajstić information content (AvgIpc) is 2.76. The molecule has 116 valence electrons. The van der Waals surface area contributed by atoms with Crippen LogP contribution in [-0.2, 0) is 0 Å². The Hall–Kier alpha value is -2.08. The van der Waals surface area contributed by atoms with Gasteiger partial charge in [-0.2, -0.15) is 0 Å². The van der Waals surface area contributed by atoms with E-state index in [0.29, 0.717) is 16.5 Å². The molecule has 2 heterocycles. The molecule has 1 aromatic heterocycles. The summed E-state index contributed by atoms with van der Waals surface area (Å²) in [6, 6.07) is 1.59. The zero-order valence-electron chi connectivity index (χ0n) is 13.0. The van der Waals surface area contributed by atoms with Gasteiger partial charge in [-0.05, 0) is 31.4 Å². The highest BCUT2D eigenvalue weighted by Gasteiger charge is 2.39. The lowest BCUT2D eigenvalue weighted by molar-refractivity contribution is 0.0696. The van der Waals surface area contributed by atoms with Gasteiger partial charge in [0.1, 0.15) is 16.2 Å². The van der Waals surface area contributed by atoms with Crippen molar-refractivity contribution in [2.45, 2.75) is 33.2 Å². The van der Waals surface area contributed by atoms with Crippen LogP contribution >= 0.6 is 12.2 Å². The Morgan fingerprint density at radius 1 is 1.50 bits per heavy atom. The number of aromatic carboxylic acids is 1. The molecule has 1 atom stereocenters. The maximum atomic E-state index is 11.5. The molecule has 1 aliphatic rings. The minimum atomic E-state index is -1.04. The second-order valence-corrected chi connectivity index (χ2v) is 6.09. The zero-order chi connectivity index (χ0) is 16.5. The molecule has 0 aromatic carbocycles. The Kier molecular flexibility index (Phi) is 4.42. The second kappa shape index (κ2) is 5.96. The number of aliphatic imine (C=N–C) groups is 1. The van der Waals surface area contributed by atoms with Crippen LogP contribution in [0.25, 0.3) is 6.08 Å². The second-order valence-electron chi connectivity index (χ2n) is 5.69. The third-order valence-corrected chi connectivity index (χ3v) is 4.40. The molecule has 2 N–H and O–H groups in total. The highest BCUT2D eigenvalue weighted by atomic mass is 32.1. The first-order valence-electron chi connectivity index (χ1n) is 7.07. The normalized spacial score (nSPS) is 21.3. The maximum absolute atomic E-state index is 11.5. The molecule has 1 unspecified atom stereocenters. The Labute approximate surface area is 135 Å². The summed E-state index contributed by atoms with van der Waals surface area (Å²) in [4.78, 5) is 21.0. The lowest BCUT2D eigenvalue weighted by Crippen LogP contribution is -2.40. The van der Waals surface area contributed by atoms with Crippen molar-refractivity contribution in [3.63, 3.8) is 0 Å². The standard InChI is InChI=1S/C16H19N3O2S/c1-5-6-10-7-11(14(20)21)12(17-8-10)13-18-15(22)16(4,19-13)9(2)3/h5-9H,1-4H3,(H,20,21)(H,18,19,22)/b6-5-. The SMILES string of the molecule is C/C=C\c1cnc(C2=NC(C)(C(C)C)C(=S)N2)c(C(=O)O)c1. The summed E-state index contributed by atoms with van der Waals surface area (Å²) in [5, 5.41) is 12.5. The Morgan fingerprint density at radius 3 is 2.68 bits per heavy atom. The monoisotopic (exact) mass is 317 g/mol. The number of hydrogen-bond acceptors (Lipinski definition) is 4. The van der Waals surface area contributed by atoms with Crippen LogP contribution in [0.15, 0.2) is 23.3 Å². The third-order valence-electron chi connectivity index (χ3n) is 3.88. The third kappa shape index (κ3) is 2.78. The van der Waals surface area contributed by atoms with E-state index in [1.54, 1.807) is 18.3 Å². The summed E-state index contributed by atoms with van der Waals surface area (Å²) < 4.78 is 0. The number of hydrogen-bond donors (Lipinski definition) is 2. The van der Waals surface area contributed by atoms with E-state index < -0.39 is 11.5 Å². The van der Waals surface area contributed by atoms with Gasteiger partial charge < -0.3 is 10.4 Å². The molecule has 0 aliphatic carbocycles. The molecule has 2 rings (SSSR count). The number of rotatable bonds is 4. The van der Waals surface area contributed by atoms with E-state index in [1.165, 1.54) is 0 Å². The topological polar surface area (TPSA) is 74.6 Å². The van der Waals surface area contributed by atoms with Gasteiger partial charge in [0.25, 0.3) is 0 Å². The molecular weight excluding hydrogens is 298 g/mol. The van der Waals surface area contributed by atoms with Gasteiger partial charge in [-0.3, -0.25) is 9.98 Å². The molecule has 1 aromatic rings. The smallest absolute Gasteiger partial charge is 0.338 e. The molecular formula is C16H19N3O2S. The molecule has 1 aliphatic heterocycles. The van der Waals surface area contributed by atoms with Gasteiger partial charge in [0.15, 0.2) is 5.84 Å². The summed E-state index contributed by atoms with van der Waals surface area (Å²) in [6.07, 6.45) is 5.26. The van der Waals surface area contributed by atoms with Gasteiger partial charge >= 0.3 is 5.97 Å². The van der Waals surface area contributed by atoms with E-state index in [9.17, 15) is 9.90 Å². The molecule has 0 saturated heterocycles. The quantitative estimate of drug-likeness (QED) is 0.835. The van der Waals surface area contributed by atoms with Gasteiger partial charge in [-0.15, -0.1) is 0 Å². The van der Waals surface area contributed by atoms with Gasteiger partial charge in [-0.25, -0.2) is 4.79 Å². The number of thiocarbonyl (C=S) groups is 1. The molecule has 0 bridgehead atoms. The van der Waals surface area contributed by atoms with Crippen LogP contribution in [0.3, 0.4) is 0 Å². The van der Waals surface area contributed by atoms with Crippen molar-refractivity contribution >= 4 is 35.1 Å². The fraction of sp³-hybridized carbons (Fsp3) is 0.375. The molecule has 6 heteroatoms. The largest absolute Gasteiger partial charge is 0.478 e. The van der Waals surface area contributed by atoms with Crippen LogP contribution in [0.1, 0.15) is 49.3 Å². The number of nitrogens with one attached hydrogen (secondary N) is 1. The van der Waals surface area contributed by atoms with E-state index in [4.69, 9.17) is 12.2 Å². The minimum absolute atomic E-state index is 0.109. The number of carbonyl (C=O) groups is 1. The van der Waals surface area contributed by atoms with Crippen molar-refractivity contribution in [1.29, 1.82) is 0 Å². The highest BCUT2D eigenvalue weighted by Crippen LogP contribution is 2.28. The lowest BCUT2D eigenvalue weighted by atomic mass is 9.90. The van der Waals surface area contributed by atoms with Crippen LogP contribution in [-0.4, -0.2) is 32.4 Å². The summed E-state index contributed by atoms with van der Waals surface area (Å²) in [5.74, 6) is -0.423. The summed E-state index contributed by atoms with van der Waals surface area (Å²) in [6.45, 7) is 7.86. The Morgan fingerprint density at radius 2 is 2.18 bits per heavy atom. The van der Waals surface area contributed by atoms with Gasteiger partial charge in [0, 0.05) is 6.20 Å². The lowest BCUT2D eigenvalue weighted by Gasteiger charge is -2.24. The van der Waals surface area contributed by atoms with Crippen molar-refractivity contribution in [3.05, 3.63) is 35.2 Å². The first-order chi connectivity index (χ1) is 10.3. The van der Waals surface area contributed by atoms with Gasteiger partial charge in [0.2, 0.25) is 0 Å². The van der Waals surface area contributed by atoms with E-state index in [2.05, 4.69) is 15.3 Å². The van der Waals surface area contributed by atoms with Crippen molar-refractivity contribution in [3.8, 4) is 0 Å². The summed E-state index contributed by atoms with van der Waals surface area (Å²) >= 11 is 5.37. The molecule has 5 nitrogen and oxygen atoms in total. The fourth-order valence-corrected chi connectivity index (χ4v) is 2.54. The van der Waals surface area contributed by atoms with E-state index in [0.717, 1.165) is 5.56 Å². The fourth-order valence-electron chi connectivity index (χ4n) is 2.16. The highest BCUT2D eigenvalue weighted by molar-refractivity contribution is 7.80. The molecule has 0 amide bonds.